The van der Waals surface area contributed by atoms with E-state index in [0.29, 0.717) is 50.5 Å². The van der Waals surface area contributed by atoms with Crippen LogP contribution in [0, 0.1) is 5.92 Å². The first-order valence-corrected chi connectivity index (χ1v) is 13.7. The summed E-state index contributed by atoms with van der Waals surface area (Å²) in [5.41, 5.74) is 6.58. The number of aryl methyl sites for hydroxylation is 2. The largest absolute Gasteiger partial charge is 0.481 e. The van der Waals surface area contributed by atoms with Crippen LogP contribution in [0.1, 0.15) is 56.3 Å². The maximum atomic E-state index is 13.6. The van der Waals surface area contributed by atoms with E-state index in [0.717, 1.165) is 37.1 Å². The molecule has 0 aliphatic carbocycles. The summed E-state index contributed by atoms with van der Waals surface area (Å²) in [7, 11) is 1.94. The zero-order valence-electron chi connectivity index (χ0n) is 22.6. The molecule has 0 saturated carbocycles. The number of benzene rings is 1. The van der Waals surface area contributed by atoms with Crippen LogP contribution in [0.3, 0.4) is 0 Å². The van der Waals surface area contributed by atoms with Crippen LogP contribution in [0.25, 0.3) is 0 Å². The quantitative estimate of drug-likeness (QED) is 0.360. The number of likely N-dealkylation sites (tertiary alicyclic amines) is 1. The number of aliphatic carboxylic acids is 1. The highest BCUT2D eigenvalue weighted by Gasteiger charge is 2.47. The normalized spacial score (nSPS) is 20.7. The maximum absolute atomic E-state index is 13.6. The van der Waals surface area contributed by atoms with Gasteiger partial charge < -0.3 is 29.8 Å². The average molecular weight is 528 g/mol. The number of aromatic nitrogens is 2. The second kappa shape index (κ2) is 13.1. The molecule has 2 aromatic rings. The minimum Gasteiger partial charge on any atom is -0.481 e. The van der Waals surface area contributed by atoms with E-state index in [1.54, 1.807) is 6.20 Å². The highest BCUT2D eigenvalue weighted by Crippen LogP contribution is 2.43. The van der Waals surface area contributed by atoms with E-state index in [9.17, 15) is 14.7 Å². The number of nitrogens with two attached hydrogens (primary N) is 1. The molecule has 1 aromatic heterocycles. The van der Waals surface area contributed by atoms with Crippen molar-refractivity contribution in [2.75, 3.05) is 39.5 Å². The van der Waals surface area contributed by atoms with Crippen molar-refractivity contribution in [3.63, 3.8) is 0 Å². The minimum absolute atomic E-state index is 0.0490. The Morgan fingerprint density at radius 3 is 2.68 bits per heavy atom. The van der Waals surface area contributed by atoms with Gasteiger partial charge in [0.25, 0.3) is 0 Å². The van der Waals surface area contributed by atoms with E-state index < -0.39 is 11.9 Å². The standard InChI is InChI=1S/C28H41N5O5/c1-3-4-13-32(14-6-5-11-29)26(34)18-33-17-21(20-7-9-23-24(16-20)38-19-37-23)27(28(35)36)22(33)8-10-25-30-12-15-31(25)2/h7,9,12,15-16,21-22,27H,3-6,8,10-11,13-14,17-19,29H2,1-2H3,(H,35,36)/t21-,22+,27-/m1/s1. The molecule has 208 valence electrons. The number of carbonyl (C=O) groups is 2. The lowest BCUT2D eigenvalue weighted by molar-refractivity contribution is -0.143. The number of fused-ring (bicyclic) bond motifs is 1. The molecule has 4 rings (SSSR count). The summed E-state index contributed by atoms with van der Waals surface area (Å²) in [6, 6.07) is 5.36. The summed E-state index contributed by atoms with van der Waals surface area (Å²) in [6.07, 6.45) is 8.55. The molecule has 3 atom stereocenters. The Kier molecular flexibility index (Phi) is 9.63. The van der Waals surface area contributed by atoms with Crippen molar-refractivity contribution >= 4 is 11.9 Å². The van der Waals surface area contributed by atoms with E-state index in [1.807, 2.05) is 40.9 Å². The Balaban J connectivity index is 1.58. The van der Waals surface area contributed by atoms with Gasteiger partial charge in [-0.3, -0.25) is 14.5 Å². The molecule has 0 radical (unpaired) electrons. The van der Waals surface area contributed by atoms with E-state index in [1.165, 1.54) is 0 Å². The van der Waals surface area contributed by atoms with Gasteiger partial charge in [0.05, 0.1) is 12.5 Å². The van der Waals surface area contributed by atoms with Gasteiger partial charge >= 0.3 is 5.97 Å². The Labute approximate surface area is 224 Å². The van der Waals surface area contributed by atoms with E-state index in [-0.39, 0.29) is 31.2 Å². The molecular weight excluding hydrogens is 486 g/mol. The van der Waals surface area contributed by atoms with Gasteiger partial charge in [-0.05, 0) is 49.9 Å². The van der Waals surface area contributed by atoms with Crippen LogP contribution < -0.4 is 15.2 Å². The molecule has 0 bridgehead atoms. The van der Waals surface area contributed by atoms with Gasteiger partial charge in [0.1, 0.15) is 5.82 Å². The molecule has 1 amide bonds. The third-order valence-electron chi connectivity index (χ3n) is 7.80. The number of carbonyl (C=O) groups excluding carboxylic acids is 1. The van der Waals surface area contributed by atoms with Gasteiger partial charge in [0.15, 0.2) is 11.5 Å². The molecule has 1 fully saturated rings. The fourth-order valence-electron chi connectivity index (χ4n) is 5.68. The monoisotopic (exact) mass is 527 g/mol. The molecule has 38 heavy (non-hydrogen) atoms. The highest BCUT2D eigenvalue weighted by molar-refractivity contribution is 5.79. The first kappa shape index (κ1) is 27.9. The highest BCUT2D eigenvalue weighted by atomic mass is 16.7. The molecule has 3 heterocycles. The number of carboxylic acid groups (broad SMARTS) is 1. The van der Waals surface area contributed by atoms with Crippen LogP contribution in [-0.4, -0.2) is 81.9 Å². The zero-order valence-corrected chi connectivity index (χ0v) is 22.6. The van der Waals surface area contributed by atoms with E-state index in [4.69, 9.17) is 15.2 Å². The van der Waals surface area contributed by atoms with Gasteiger partial charge in [0.2, 0.25) is 12.7 Å². The first-order chi connectivity index (χ1) is 18.4. The molecule has 1 aromatic carbocycles. The van der Waals surface area contributed by atoms with Crippen molar-refractivity contribution in [3.8, 4) is 11.5 Å². The second-order valence-corrected chi connectivity index (χ2v) is 10.3. The van der Waals surface area contributed by atoms with Crippen molar-refractivity contribution < 1.29 is 24.2 Å². The average Bonchev–Trinajstić information content (AvgIpc) is 3.62. The summed E-state index contributed by atoms with van der Waals surface area (Å²) < 4.78 is 13.0. The third kappa shape index (κ3) is 6.47. The predicted octanol–water partition coefficient (Wildman–Crippen LogP) is 2.62. The lowest BCUT2D eigenvalue weighted by Crippen LogP contribution is -2.45. The summed E-state index contributed by atoms with van der Waals surface area (Å²) in [6.45, 7) is 4.95. The van der Waals surface area contributed by atoms with Crippen molar-refractivity contribution in [1.29, 1.82) is 0 Å². The molecule has 10 heteroatoms. The van der Waals surface area contributed by atoms with Crippen molar-refractivity contribution in [2.24, 2.45) is 18.7 Å². The number of hydrogen-bond acceptors (Lipinski definition) is 7. The van der Waals surface area contributed by atoms with Crippen LogP contribution in [-0.2, 0) is 23.1 Å². The molecule has 0 unspecified atom stereocenters. The van der Waals surface area contributed by atoms with Crippen molar-refractivity contribution in [2.45, 2.75) is 57.4 Å². The second-order valence-electron chi connectivity index (χ2n) is 10.3. The summed E-state index contributed by atoms with van der Waals surface area (Å²) in [5.74, 6) is 0.467. The van der Waals surface area contributed by atoms with Crippen LogP contribution in [0.2, 0.25) is 0 Å². The van der Waals surface area contributed by atoms with Gasteiger partial charge in [0, 0.05) is 57.5 Å². The maximum Gasteiger partial charge on any atom is 0.308 e. The smallest absolute Gasteiger partial charge is 0.308 e. The number of ether oxygens (including phenoxy) is 2. The Morgan fingerprint density at radius 2 is 1.97 bits per heavy atom. The SMILES string of the molecule is CCCCN(CCCCN)C(=O)CN1C[C@H](c2ccc3c(c2)OCO3)[C@@H](C(=O)O)[C@@H]1CCc1nccn1C. The number of rotatable bonds is 14. The summed E-state index contributed by atoms with van der Waals surface area (Å²) in [5, 5.41) is 10.4. The Hall–Kier alpha value is -3.11. The molecule has 1 saturated heterocycles. The van der Waals surface area contributed by atoms with Crippen molar-refractivity contribution in [1.82, 2.24) is 19.4 Å². The number of imidazole rings is 1. The molecular formula is C28H41N5O5. The zero-order chi connectivity index (χ0) is 27.1. The molecule has 2 aliphatic heterocycles. The third-order valence-corrected chi connectivity index (χ3v) is 7.80. The van der Waals surface area contributed by atoms with Crippen LogP contribution in [0.4, 0.5) is 0 Å². The fraction of sp³-hybridized carbons (Fsp3) is 0.607. The van der Waals surface area contributed by atoms with Gasteiger partial charge in [-0.1, -0.05) is 19.4 Å². The van der Waals surface area contributed by atoms with Crippen LogP contribution in [0.5, 0.6) is 11.5 Å². The van der Waals surface area contributed by atoms with Crippen molar-refractivity contribution in [3.05, 3.63) is 42.0 Å². The lowest BCUT2D eigenvalue weighted by atomic mass is 9.83. The first-order valence-electron chi connectivity index (χ1n) is 13.7. The number of unbranched alkanes of at least 4 members (excludes halogenated alkanes) is 2. The number of hydrogen-bond donors (Lipinski definition) is 2. The Bertz CT molecular complexity index is 1090. The predicted molar refractivity (Wildman–Crippen MR) is 143 cm³/mol. The van der Waals surface area contributed by atoms with E-state index in [2.05, 4.69) is 16.8 Å². The Morgan fingerprint density at radius 1 is 1.18 bits per heavy atom. The molecule has 2 aliphatic rings. The molecule has 3 N–H and O–H groups in total. The number of amides is 1. The molecule has 0 spiro atoms. The van der Waals surface area contributed by atoms with Gasteiger partial charge in [-0.25, -0.2) is 4.98 Å². The van der Waals surface area contributed by atoms with Crippen LogP contribution in [0.15, 0.2) is 30.6 Å². The summed E-state index contributed by atoms with van der Waals surface area (Å²) in [4.78, 5) is 34.7. The fourth-order valence-corrected chi connectivity index (χ4v) is 5.68. The van der Waals surface area contributed by atoms with E-state index >= 15 is 0 Å². The number of carboxylic acids is 1. The summed E-state index contributed by atoms with van der Waals surface area (Å²) >= 11 is 0. The van der Waals surface area contributed by atoms with Gasteiger partial charge in [-0.2, -0.15) is 0 Å². The van der Waals surface area contributed by atoms with Crippen LogP contribution >= 0.6 is 0 Å². The molecule has 10 nitrogen and oxygen atoms in total. The van der Waals surface area contributed by atoms with Gasteiger partial charge in [-0.15, -0.1) is 0 Å². The minimum atomic E-state index is -0.849. The lowest BCUT2D eigenvalue weighted by Gasteiger charge is -2.29. The topological polar surface area (TPSA) is 123 Å². The number of nitrogens with zero attached hydrogens (tertiary/aromatic N) is 4.